The molecule has 4 rings (SSSR count). The van der Waals surface area contributed by atoms with Crippen LogP contribution in [0.5, 0.6) is 11.5 Å². The van der Waals surface area contributed by atoms with Gasteiger partial charge in [-0.2, -0.15) is 0 Å². The Morgan fingerprint density at radius 3 is 1.81 bits per heavy atom. The second-order valence-electron chi connectivity index (χ2n) is 6.33. The molecule has 0 aliphatic carbocycles. The Morgan fingerprint density at radius 1 is 0.667 bits per heavy atom. The SMILES string of the molecule is c1ccc(CSC(SCc2ccccc2)c2ccc3c(c2)OCCO3)cc1. The molecule has 3 aromatic rings. The molecule has 0 radical (unpaired) electrons. The van der Waals surface area contributed by atoms with Crippen LogP contribution in [0, 0.1) is 0 Å². The third-order valence-corrected chi connectivity index (χ3v) is 7.29. The summed E-state index contributed by atoms with van der Waals surface area (Å²) < 4.78 is 11.8. The summed E-state index contributed by atoms with van der Waals surface area (Å²) in [5.41, 5.74) is 3.98. The van der Waals surface area contributed by atoms with Crippen LogP contribution in [0.15, 0.2) is 78.9 Å². The Kier molecular flexibility index (Phi) is 6.28. The minimum atomic E-state index is 0.334. The van der Waals surface area contributed by atoms with E-state index in [0.717, 1.165) is 23.0 Å². The van der Waals surface area contributed by atoms with Crippen molar-refractivity contribution in [3.63, 3.8) is 0 Å². The van der Waals surface area contributed by atoms with Crippen LogP contribution in [0.4, 0.5) is 0 Å². The van der Waals surface area contributed by atoms with Gasteiger partial charge in [0.15, 0.2) is 11.5 Å². The molecule has 0 spiro atoms. The van der Waals surface area contributed by atoms with Gasteiger partial charge in [-0.05, 0) is 28.8 Å². The Morgan fingerprint density at radius 2 is 1.22 bits per heavy atom. The highest BCUT2D eigenvalue weighted by Gasteiger charge is 2.18. The van der Waals surface area contributed by atoms with Crippen LogP contribution >= 0.6 is 23.5 Å². The Hall–Kier alpha value is -2.04. The molecule has 0 saturated heterocycles. The average Bonchev–Trinajstić information content (AvgIpc) is 2.75. The highest BCUT2D eigenvalue weighted by atomic mass is 32.2. The summed E-state index contributed by atoms with van der Waals surface area (Å²) in [7, 11) is 0. The standard InChI is InChI=1S/C23H22O2S2/c1-3-7-18(8-4-1)16-26-23(27-17-19-9-5-2-6-10-19)20-11-12-21-22(15-20)25-14-13-24-21/h1-12,15,23H,13-14,16-17H2. The predicted molar refractivity (Wildman–Crippen MR) is 116 cm³/mol. The third-order valence-electron chi connectivity index (χ3n) is 4.33. The fourth-order valence-electron chi connectivity index (χ4n) is 2.94. The molecule has 2 nitrogen and oxygen atoms in total. The van der Waals surface area contributed by atoms with Crippen LogP contribution < -0.4 is 9.47 Å². The van der Waals surface area contributed by atoms with Crippen LogP contribution in [0.3, 0.4) is 0 Å². The third kappa shape index (κ3) is 5.02. The summed E-state index contributed by atoms with van der Waals surface area (Å²) >= 11 is 3.93. The van der Waals surface area contributed by atoms with Crippen molar-refractivity contribution in [3.8, 4) is 11.5 Å². The predicted octanol–water partition coefficient (Wildman–Crippen LogP) is 6.32. The first-order valence-electron chi connectivity index (χ1n) is 9.09. The molecule has 0 fully saturated rings. The van der Waals surface area contributed by atoms with E-state index < -0.39 is 0 Å². The van der Waals surface area contributed by atoms with Crippen molar-refractivity contribution in [2.75, 3.05) is 13.2 Å². The van der Waals surface area contributed by atoms with Gasteiger partial charge < -0.3 is 9.47 Å². The number of thioether (sulfide) groups is 2. The van der Waals surface area contributed by atoms with E-state index in [9.17, 15) is 0 Å². The summed E-state index contributed by atoms with van der Waals surface area (Å²) in [4.78, 5) is 0. The summed E-state index contributed by atoms with van der Waals surface area (Å²) in [5.74, 6) is 3.69. The molecule has 0 bridgehead atoms. The first-order chi connectivity index (χ1) is 13.4. The molecule has 0 aromatic heterocycles. The van der Waals surface area contributed by atoms with Gasteiger partial charge in [-0.3, -0.25) is 0 Å². The minimum Gasteiger partial charge on any atom is -0.486 e. The quantitative estimate of drug-likeness (QED) is 0.436. The molecule has 1 aliphatic heterocycles. The van der Waals surface area contributed by atoms with Crippen molar-refractivity contribution in [2.45, 2.75) is 16.1 Å². The zero-order valence-corrected chi connectivity index (χ0v) is 16.7. The lowest BCUT2D eigenvalue weighted by atomic mass is 10.2. The lowest BCUT2D eigenvalue weighted by molar-refractivity contribution is 0.171. The van der Waals surface area contributed by atoms with Crippen molar-refractivity contribution in [1.29, 1.82) is 0 Å². The largest absolute Gasteiger partial charge is 0.486 e. The Balaban J connectivity index is 1.51. The maximum atomic E-state index is 5.80. The zero-order valence-electron chi connectivity index (χ0n) is 15.0. The molecule has 4 heteroatoms. The summed E-state index contributed by atoms with van der Waals surface area (Å²) in [6.07, 6.45) is 0. The number of rotatable bonds is 7. The minimum absolute atomic E-state index is 0.334. The number of benzene rings is 3. The van der Waals surface area contributed by atoms with Gasteiger partial charge in [-0.1, -0.05) is 66.7 Å². The summed E-state index contributed by atoms with van der Waals surface area (Å²) in [6, 6.07) is 27.7. The van der Waals surface area contributed by atoms with Gasteiger partial charge in [0.05, 0.1) is 4.58 Å². The molecule has 0 saturated carbocycles. The smallest absolute Gasteiger partial charge is 0.161 e. The normalized spacial score (nSPS) is 12.9. The number of ether oxygens (including phenoxy) is 2. The second kappa shape index (κ2) is 9.25. The molecular weight excluding hydrogens is 372 g/mol. The maximum absolute atomic E-state index is 5.80. The van der Waals surface area contributed by atoms with Gasteiger partial charge in [-0.25, -0.2) is 0 Å². The summed E-state index contributed by atoms with van der Waals surface area (Å²) in [5, 5.41) is 0. The second-order valence-corrected chi connectivity index (χ2v) is 8.81. The van der Waals surface area contributed by atoms with E-state index in [1.165, 1.54) is 16.7 Å². The van der Waals surface area contributed by atoms with Crippen LogP contribution in [-0.2, 0) is 11.5 Å². The van der Waals surface area contributed by atoms with E-state index in [4.69, 9.17) is 9.47 Å². The first kappa shape index (κ1) is 18.3. The van der Waals surface area contributed by atoms with Gasteiger partial charge >= 0.3 is 0 Å². The maximum Gasteiger partial charge on any atom is 0.161 e. The molecule has 0 N–H and O–H groups in total. The van der Waals surface area contributed by atoms with Gasteiger partial charge in [0.25, 0.3) is 0 Å². The van der Waals surface area contributed by atoms with Gasteiger partial charge in [0.1, 0.15) is 13.2 Å². The molecule has 0 unspecified atom stereocenters. The van der Waals surface area contributed by atoms with Crippen molar-refractivity contribution in [2.24, 2.45) is 0 Å². The van der Waals surface area contributed by atoms with Crippen molar-refractivity contribution in [1.82, 2.24) is 0 Å². The molecule has 1 heterocycles. The van der Waals surface area contributed by atoms with Gasteiger partial charge in [0, 0.05) is 11.5 Å². The van der Waals surface area contributed by atoms with E-state index in [0.29, 0.717) is 17.8 Å². The fourth-order valence-corrected chi connectivity index (χ4v) is 5.48. The zero-order chi connectivity index (χ0) is 18.3. The van der Waals surface area contributed by atoms with E-state index in [1.807, 2.05) is 29.6 Å². The van der Waals surface area contributed by atoms with Gasteiger partial charge in [-0.15, -0.1) is 23.5 Å². The molecular formula is C23H22O2S2. The highest BCUT2D eigenvalue weighted by molar-refractivity contribution is 8.15. The van der Waals surface area contributed by atoms with Crippen LogP contribution in [0.25, 0.3) is 0 Å². The molecule has 0 amide bonds. The molecule has 27 heavy (non-hydrogen) atoms. The van der Waals surface area contributed by atoms with Crippen LogP contribution in [0.1, 0.15) is 21.3 Å². The van der Waals surface area contributed by atoms with E-state index in [2.05, 4.69) is 72.8 Å². The molecule has 0 atom stereocenters. The van der Waals surface area contributed by atoms with Gasteiger partial charge in [0.2, 0.25) is 0 Å². The van der Waals surface area contributed by atoms with Crippen LogP contribution in [0.2, 0.25) is 0 Å². The monoisotopic (exact) mass is 394 g/mol. The first-order valence-corrected chi connectivity index (χ1v) is 11.2. The van der Waals surface area contributed by atoms with Crippen molar-refractivity contribution < 1.29 is 9.47 Å². The number of fused-ring (bicyclic) bond motifs is 1. The van der Waals surface area contributed by atoms with Crippen molar-refractivity contribution >= 4 is 23.5 Å². The topological polar surface area (TPSA) is 18.5 Å². The number of hydrogen-bond donors (Lipinski definition) is 0. The van der Waals surface area contributed by atoms with Crippen LogP contribution in [-0.4, -0.2) is 13.2 Å². The van der Waals surface area contributed by atoms with E-state index in [-0.39, 0.29) is 0 Å². The Labute approximate surface area is 169 Å². The lowest BCUT2D eigenvalue weighted by Gasteiger charge is -2.22. The Bertz CT molecular complexity index is 809. The van der Waals surface area contributed by atoms with Crippen molar-refractivity contribution in [3.05, 3.63) is 95.6 Å². The molecule has 138 valence electrons. The highest BCUT2D eigenvalue weighted by Crippen LogP contribution is 2.45. The van der Waals surface area contributed by atoms with E-state index >= 15 is 0 Å². The number of hydrogen-bond acceptors (Lipinski definition) is 4. The van der Waals surface area contributed by atoms with E-state index in [1.54, 1.807) is 0 Å². The molecule has 1 aliphatic rings. The fraction of sp³-hybridized carbons (Fsp3) is 0.217. The molecule has 3 aromatic carbocycles. The lowest BCUT2D eigenvalue weighted by Crippen LogP contribution is -2.15. The summed E-state index contributed by atoms with van der Waals surface area (Å²) in [6.45, 7) is 1.25. The average molecular weight is 395 g/mol.